The van der Waals surface area contributed by atoms with E-state index in [1.807, 2.05) is 0 Å². The van der Waals surface area contributed by atoms with Gasteiger partial charge in [-0.2, -0.15) is 21.8 Å². The number of amides is 2. The fourth-order valence-corrected chi connectivity index (χ4v) is 14.6. The molecule has 2 aliphatic heterocycles. The third-order valence-corrected chi connectivity index (χ3v) is 20.6. The van der Waals surface area contributed by atoms with Crippen LogP contribution >= 0.6 is 45.9 Å². The monoisotopic (exact) mass is 1160 g/mol. The topological polar surface area (TPSA) is 234 Å². The summed E-state index contributed by atoms with van der Waals surface area (Å²) in [5.74, 6) is -0.580. The summed E-state index contributed by atoms with van der Waals surface area (Å²) in [4.78, 5) is 35.9. The van der Waals surface area contributed by atoms with Crippen LogP contribution in [0.1, 0.15) is 56.2 Å². The van der Waals surface area contributed by atoms with E-state index in [4.69, 9.17) is 23.2 Å². The summed E-state index contributed by atoms with van der Waals surface area (Å²) < 4.78 is 117. The number of piperidine rings is 2. The largest absolute Gasteiger partial charge is 0.501 e. The van der Waals surface area contributed by atoms with Crippen LogP contribution in [0.2, 0.25) is 10.0 Å². The number of sulfone groups is 1. The molecule has 8 rings (SSSR count). The summed E-state index contributed by atoms with van der Waals surface area (Å²) >= 11 is 13.9. The predicted octanol–water partition coefficient (Wildman–Crippen LogP) is 9.40. The summed E-state index contributed by atoms with van der Waals surface area (Å²) in [7, 11) is -12.8. The zero-order chi connectivity index (χ0) is 53.4. The Balaban J connectivity index is 0.000000217. The van der Waals surface area contributed by atoms with Gasteiger partial charge in [-0.1, -0.05) is 35.3 Å². The second-order valence-electron chi connectivity index (χ2n) is 16.7. The van der Waals surface area contributed by atoms with Gasteiger partial charge in [-0.25, -0.2) is 25.3 Å². The first kappa shape index (κ1) is 56.1. The average molecular weight is 1160 g/mol. The highest BCUT2D eigenvalue weighted by molar-refractivity contribution is 7.92. The fraction of sp³-hybridized carbons (Fsp3) is 0.277. The Morgan fingerprint density at radius 2 is 1.03 bits per heavy atom. The van der Waals surface area contributed by atoms with Gasteiger partial charge in [-0.15, -0.1) is 22.7 Å². The summed E-state index contributed by atoms with van der Waals surface area (Å²) in [5, 5.41) is 24.1. The first-order chi connectivity index (χ1) is 35.0. The maximum atomic E-state index is 13.1. The first-order valence-electron chi connectivity index (χ1n) is 22.4. The molecule has 0 aliphatic carbocycles. The third kappa shape index (κ3) is 14.0. The Kier molecular flexibility index (Phi) is 18.1. The molecule has 2 amide bonds. The molecule has 2 aliphatic rings. The molecule has 27 heteroatoms. The summed E-state index contributed by atoms with van der Waals surface area (Å²) in [6, 6.07) is 29.8. The number of para-hydroxylation sites is 2. The quantitative estimate of drug-likeness (QED) is 0.0524. The third-order valence-electron chi connectivity index (χ3n) is 11.7. The molecular formula is C47H46Cl2F3N7O10S5. The molecule has 4 aromatic carbocycles. The van der Waals surface area contributed by atoms with E-state index in [1.165, 1.54) is 32.9 Å². The highest BCUT2D eigenvalue weighted by Crippen LogP contribution is 2.33. The molecule has 0 radical (unpaired) electrons. The number of anilines is 2. The van der Waals surface area contributed by atoms with Crippen molar-refractivity contribution in [3.63, 3.8) is 0 Å². The number of halogens is 5. The van der Waals surface area contributed by atoms with Crippen LogP contribution in [-0.4, -0.2) is 94.4 Å². The molecule has 2 fully saturated rings. The number of benzene rings is 4. The molecule has 4 N–H and O–H groups in total. The zero-order valence-corrected chi connectivity index (χ0v) is 44.2. The Morgan fingerprint density at radius 3 is 1.45 bits per heavy atom. The molecule has 74 heavy (non-hydrogen) atoms. The van der Waals surface area contributed by atoms with Crippen LogP contribution in [0.4, 0.5) is 30.2 Å². The number of nitrogens with one attached hydrogen (secondary N) is 4. The SMILES string of the molecule is O=C(NCc1ccc(S(=O)(=O)N2CCC(Nc3ccc(S(=O)(=O)C(F)(F)F)cc3)CC2)s1)c1ccc(Cl)cc1.O=C(NCc1ccc(S(=O)(=O)N2CCC(Nc3ccccc3[N+](=O)[O-])CC2)s1)c1ccc(Cl)cc1. The van der Waals surface area contributed by atoms with Gasteiger partial charge in [0.25, 0.3) is 47.4 Å². The number of nitrogens with zero attached hydrogens (tertiary/aromatic N) is 3. The van der Waals surface area contributed by atoms with E-state index in [0.717, 1.165) is 39.7 Å². The molecule has 4 heterocycles. The van der Waals surface area contributed by atoms with Crippen molar-refractivity contribution in [2.24, 2.45) is 0 Å². The minimum atomic E-state index is -5.42. The average Bonchev–Trinajstić information content (AvgIpc) is 4.08. The standard InChI is InChI=1S/C24H23ClF3N3O5S3.C23H23ClN4O5S2/c25-17-3-1-16(2-4-17)23(32)29-15-20-7-10-22(37-20)39(35,36)31-13-11-19(12-14-31)30-18-5-8-21(9-6-18)38(33,34)24(26,27)28;24-17-7-5-16(6-8-17)23(29)25-15-19-9-10-22(34-19)35(32,33)27-13-11-18(12-14-27)26-20-3-1-2-4-21(20)28(30)31/h1-10,19,30H,11-15H2,(H,29,32);1-10,18,26H,11-15H2,(H,25,29). The maximum absolute atomic E-state index is 13.1. The molecule has 0 atom stereocenters. The maximum Gasteiger partial charge on any atom is 0.501 e. The number of sulfonamides is 2. The van der Waals surface area contributed by atoms with E-state index >= 15 is 0 Å². The van der Waals surface area contributed by atoms with Gasteiger partial charge in [0, 0.05) is 80.9 Å². The molecule has 0 spiro atoms. The van der Waals surface area contributed by atoms with Crippen molar-refractivity contribution in [2.45, 2.75) is 69.7 Å². The molecule has 2 aromatic heterocycles. The smallest absolute Gasteiger partial charge is 0.382 e. The molecule has 17 nitrogen and oxygen atoms in total. The summed E-state index contributed by atoms with van der Waals surface area (Å²) in [6.45, 7) is 1.44. The molecule has 0 bridgehead atoms. The molecule has 0 saturated carbocycles. The van der Waals surface area contributed by atoms with E-state index in [0.29, 0.717) is 76.2 Å². The van der Waals surface area contributed by atoms with Crippen molar-refractivity contribution in [1.29, 1.82) is 0 Å². The van der Waals surface area contributed by atoms with Crippen LogP contribution in [-0.2, 0) is 43.0 Å². The molecule has 6 aromatic rings. The van der Waals surface area contributed by atoms with Gasteiger partial charge in [0.2, 0.25) is 0 Å². The number of thiophene rings is 2. The second kappa shape index (κ2) is 23.9. The molecule has 394 valence electrons. The zero-order valence-electron chi connectivity index (χ0n) is 38.6. The lowest BCUT2D eigenvalue weighted by molar-refractivity contribution is -0.384. The number of nitro benzene ring substituents is 1. The predicted molar refractivity (Wildman–Crippen MR) is 277 cm³/mol. The number of hydrogen-bond donors (Lipinski definition) is 4. The van der Waals surface area contributed by atoms with Crippen molar-refractivity contribution in [3.05, 3.63) is 162 Å². The van der Waals surface area contributed by atoms with Crippen molar-refractivity contribution in [1.82, 2.24) is 19.2 Å². The number of alkyl halides is 3. The highest BCUT2D eigenvalue weighted by atomic mass is 35.5. The number of carbonyl (C=O) groups is 2. The fourth-order valence-electron chi connectivity index (χ4n) is 7.74. The number of rotatable bonds is 16. The lowest BCUT2D eigenvalue weighted by Gasteiger charge is -2.31. The summed E-state index contributed by atoms with van der Waals surface area (Å²) in [6.07, 6.45) is 1.94. The minimum Gasteiger partial charge on any atom is -0.382 e. The van der Waals surface area contributed by atoms with E-state index in [9.17, 15) is 58.1 Å². The van der Waals surface area contributed by atoms with Crippen LogP contribution in [0, 0.1) is 10.1 Å². The van der Waals surface area contributed by atoms with Crippen LogP contribution in [0.25, 0.3) is 0 Å². The highest BCUT2D eigenvalue weighted by Gasteiger charge is 2.47. The Bertz CT molecular complexity index is 3300. The van der Waals surface area contributed by atoms with Crippen LogP contribution in [0.5, 0.6) is 0 Å². The Labute approximate surface area is 442 Å². The normalized spacial score (nSPS) is 15.4. The van der Waals surface area contributed by atoms with Gasteiger partial charge in [-0.05, 0) is 129 Å². The van der Waals surface area contributed by atoms with Crippen LogP contribution < -0.4 is 21.3 Å². The van der Waals surface area contributed by atoms with Gasteiger partial charge in [0.15, 0.2) is 0 Å². The van der Waals surface area contributed by atoms with Gasteiger partial charge >= 0.3 is 5.51 Å². The minimum absolute atomic E-state index is 0.00294. The van der Waals surface area contributed by atoms with Gasteiger partial charge in [0.05, 0.1) is 22.9 Å². The van der Waals surface area contributed by atoms with Crippen molar-refractivity contribution >= 4 is 105 Å². The van der Waals surface area contributed by atoms with Gasteiger partial charge in [-0.3, -0.25) is 19.7 Å². The van der Waals surface area contributed by atoms with E-state index in [-0.39, 0.29) is 64.2 Å². The lowest BCUT2D eigenvalue weighted by atomic mass is 10.1. The van der Waals surface area contributed by atoms with Crippen LogP contribution in [0.3, 0.4) is 0 Å². The number of carbonyl (C=O) groups excluding carboxylic acids is 2. The Morgan fingerprint density at radius 1 is 0.608 bits per heavy atom. The molecular weight excluding hydrogens is 1110 g/mol. The van der Waals surface area contributed by atoms with Crippen molar-refractivity contribution < 1.29 is 52.9 Å². The number of hydrogen-bond acceptors (Lipinski definition) is 14. The lowest BCUT2D eigenvalue weighted by Crippen LogP contribution is -2.42. The van der Waals surface area contributed by atoms with Gasteiger partial charge in [0.1, 0.15) is 14.1 Å². The first-order valence-corrected chi connectivity index (χ1v) is 29.2. The second-order valence-corrected chi connectivity index (χ2v) is 26.2. The Hall–Kier alpha value is -5.64. The van der Waals surface area contributed by atoms with Crippen molar-refractivity contribution in [3.8, 4) is 0 Å². The molecule has 0 unspecified atom stereocenters. The van der Waals surface area contributed by atoms with Gasteiger partial charge < -0.3 is 21.3 Å². The van der Waals surface area contributed by atoms with Crippen LogP contribution in [0.15, 0.2) is 135 Å². The number of nitro groups is 1. The van der Waals surface area contributed by atoms with E-state index in [1.54, 1.807) is 84.9 Å². The molecule has 2 saturated heterocycles. The van der Waals surface area contributed by atoms with E-state index < -0.39 is 45.2 Å². The van der Waals surface area contributed by atoms with E-state index in [2.05, 4.69) is 21.3 Å². The summed E-state index contributed by atoms with van der Waals surface area (Å²) in [5.41, 5.74) is -3.62. The van der Waals surface area contributed by atoms with Crippen molar-refractivity contribution in [2.75, 3.05) is 36.8 Å².